The Labute approximate surface area is 262 Å². The number of H-pyrrole nitrogens is 3. The molecule has 3 atom stereocenters. The zero-order chi connectivity index (χ0) is 32.3. The Bertz CT molecular complexity index is 1950. The summed E-state index contributed by atoms with van der Waals surface area (Å²) in [5.74, 6) is -2.90. The first-order chi connectivity index (χ1) is 21.5. The van der Waals surface area contributed by atoms with Gasteiger partial charge in [0.2, 0.25) is 0 Å². The van der Waals surface area contributed by atoms with Crippen molar-refractivity contribution in [3.8, 4) is 0 Å². The van der Waals surface area contributed by atoms with E-state index in [1.165, 1.54) is 36.5 Å². The second-order valence-corrected chi connectivity index (χ2v) is 12.4. The van der Waals surface area contributed by atoms with E-state index >= 15 is 0 Å². The zero-order valence-electron chi connectivity index (χ0n) is 27.4. The first kappa shape index (κ1) is 30.6. The first-order valence-electron chi connectivity index (χ1n) is 15.8. The van der Waals surface area contributed by atoms with Gasteiger partial charge in [-0.3, -0.25) is 19.4 Å². The molecule has 1 aliphatic carbocycles. The summed E-state index contributed by atoms with van der Waals surface area (Å²) in [6.07, 6.45) is 7.20. The highest BCUT2D eigenvalue weighted by Crippen LogP contribution is 2.46. The molecule has 6 rings (SSSR count). The van der Waals surface area contributed by atoms with E-state index in [9.17, 15) is 14.4 Å². The van der Waals surface area contributed by atoms with Crippen molar-refractivity contribution in [3.63, 3.8) is 0 Å². The van der Waals surface area contributed by atoms with Gasteiger partial charge in [-0.05, 0) is 98.1 Å². The Morgan fingerprint density at radius 2 is 1.58 bits per heavy atom. The minimum atomic E-state index is -1.06. The molecule has 0 spiro atoms. The van der Waals surface area contributed by atoms with E-state index in [0.717, 1.165) is 63.0 Å². The molecule has 1 fully saturated rings. The van der Waals surface area contributed by atoms with Crippen molar-refractivity contribution in [1.29, 1.82) is 0 Å². The molecule has 9 nitrogen and oxygen atoms in total. The fraction of sp³-hybridized carbons (Fsp3) is 0.444. The maximum absolute atomic E-state index is 14.1. The van der Waals surface area contributed by atoms with Crippen LogP contribution in [0, 0.1) is 26.7 Å². The van der Waals surface area contributed by atoms with Gasteiger partial charge in [0.05, 0.1) is 31.9 Å². The number of nitrogens with one attached hydrogen (secondary N) is 3. The SMILES string of the molecule is CCc1c2[nH]c(c1C)Cc1[nH]c(c(CCC(=O)OC)c1C)C1C3=NC(C=c4[nH]c(c(C)c4CC)=C2)C(C)=C3C(=O)C1C(=O)OC. The molecule has 3 unspecified atom stereocenters. The van der Waals surface area contributed by atoms with Gasteiger partial charge in [-0.1, -0.05) is 13.8 Å². The van der Waals surface area contributed by atoms with E-state index in [4.69, 9.17) is 14.5 Å². The molecule has 9 heteroatoms. The molecule has 3 aromatic heterocycles. The number of aromatic amines is 3. The van der Waals surface area contributed by atoms with E-state index in [1.54, 1.807) is 0 Å². The number of nitrogens with zero attached hydrogens (tertiary/aromatic N) is 1. The molecule has 3 N–H and O–H groups in total. The average molecular weight is 611 g/mol. The summed E-state index contributed by atoms with van der Waals surface area (Å²) >= 11 is 0. The topological polar surface area (TPSA) is 129 Å². The van der Waals surface area contributed by atoms with Crippen molar-refractivity contribution in [2.24, 2.45) is 10.9 Å². The molecule has 2 aliphatic heterocycles. The Morgan fingerprint density at radius 3 is 2.24 bits per heavy atom. The van der Waals surface area contributed by atoms with E-state index < -0.39 is 17.8 Å². The Morgan fingerprint density at radius 1 is 0.889 bits per heavy atom. The number of aromatic nitrogens is 3. The van der Waals surface area contributed by atoms with E-state index in [2.05, 4.69) is 54.8 Å². The minimum Gasteiger partial charge on any atom is -0.469 e. The monoisotopic (exact) mass is 610 g/mol. The molecule has 3 aromatic rings. The maximum Gasteiger partial charge on any atom is 0.317 e. The van der Waals surface area contributed by atoms with Gasteiger partial charge < -0.3 is 24.4 Å². The van der Waals surface area contributed by atoms with E-state index in [-0.39, 0.29) is 24.2 Å². The smallest absolute Gasteiger partial charge is 0.317 e. The van der Waals surface area contributed by atoms with E-state index in [0.29, 0.717) is 24.1 Å². The van der Waals surface area contributed by atoms with Crippen molar-refractivity contribution < 1.29 is 23.9 Å². The van der Waals surface area contributed by atoms with Crippen LogP contribution in [0.5, 0.6) is 0 Å². The first-order valence-corrected chi connectivity index (χ1v) is 15.8. The van der Waals surface area contributed by atoms with Gasteiger partial charge in [0.25, 0.3) is 0 Å². The number of rotatable bonds is 6. The molecule has 45 heavy (non-hydrogen) atoms. The predicted octanol–water partition coefficient (Wildman–Crippen LogP) is 3.64. The number of carbonyl (C=O) groups is 3. The lowest BCUT2D eigenvalue weighted by Gasteiger charge is -2.18. The van der Waals surface area contributed by atoms with Crippen LogP contribution in [0.2, 0.25) is 0 Å². The number of ketones is 1. The normalized spacial score (nSPS) is 20.2. The van der Waals surface area contributed by atoms with Crippen LogP contribution < -0.4 is 10.7 Å². The van der Waals surface area contributed by atoms with Gasteiger partial charge >= 0.3 is 11.9 Å². The second-order valence-electron chi connectivity index (χ2n) is 12.4. The van der Waals surface area contributed by atoms with Crippen LogP contribution in [0.25, 0.3) is 12.2 Å². The van der Waals surface area contributed by atoms with Crippen molar-refractivity contribution >= 4 is 35.6 Å². The highest BCUT2D eigenvalue weighted by atomic mass is 16.5. The number of fused-ring (bicyclic) bond motifs is 8. The summed E-state index contributed by atoms with van der Waals surface area (Å²) in [6.45, 7) is 12.6. The standard InChI is InChI=1S/C36H42N4O5/c1-9-20-16(3)23-13-25-18(5)22(11-12-29(41)44-7)33(39-25)31-32(36(43)45-8)35(42)30-19(6)26(40-34(30)31)15-28-21(10-2)17(4)24(38-28)14-27(20)37-23/h14-15,26,31-32,37-39H,9-13H2,1-8H3. The van der Waals surface area contributed by atoms with Crippen molar-refractivity contribution in [2.45, 2.75) is 85.6 Å². The van der Waals surface area contributed by atoms with Crippen LogP contribution in [-0.4, -0.2) is 58.6 Å². The number of esters is 2. The zero-order valence-corrected chi connectivity index (χ0v) is 27.4. The largest absolute Gasteiger partial charge is 0.469 e. The number of hydrogen-bond acceptors (Lipinski definition) is 6. The minimum absolute atomic E-state index is 0.171. The van der Waals surface area contributed by atoms with Crippen LogP contribution >= 0.6 is 0 Å². The van der Waals surface area contributed by atoms with Crippen LogP contribution in [0.1, 0.15) is 89.3 Å². The van der Waals surface area contributed by atoms with Gasteiger partial charge in [0, 0.05) is 51.9 Å². The maximum atomic E-state index is 14.1. The number of allylic oxidation sites excluding steroid dienone is 1. The Balaban J connectivity index is 1.67. The van der Waals surface area contributed by atoms with Crippen LogP contribution in [-0.2, 0) is 49.5 Å². The molecule has 0 radical (unpaired) electrons. The molecule has 0 amide bonds. The lowest BCUT2D eigenvalue weighted by Crippen LogP contribution is -2.28. The molecule has 8 bridgehead atoms. The molecule has 5 heterocycles. The lowest BCUT2D eigenvalue weighted by atomic mass is 9.87. The number of methoxy groups -OCH3 is 2. The Hall–Kier alpha value is -4.40. The van der Waals surface area contributed by atoms with Crippen LogP contribution in [0.15, 0.2) is 16.1 Å². The quantitative estimate of drug-likeness (QED) is 0.290. The van der Waals surface area contributed by atoms with Gasteiger partial charge in [-0.2, -0.15) is 0 Å². The summed E-state index contributed by atoms with van der Waals surface area (Å²) in [7, 11) is 2.69. The predicted molar refractivity (Wildman–Crippen MR) is 173 cm³/mol. The van der Waals surface area contributed by atoms with Gasteiger partial charge in [0.1, 0.15) is 5.92 Å². The number of Topliss-reactive ketones (excluding diaryl/α,β-unsaturated/α-hetero) is 1. The van der Waals surface area contributed by atoms with Crippen molar-refractivity contribution in [1.82, 2.24) is 15.0 Å². The fourth-order valence-electron chi connectivity index (χ4n) is 7.70. The lowest BCUT2D eigenvalue weighted by molar-refractivity contribution is -0.148. The second kappa shape index (κ2) is 11.5. The average Bonchev–Trinajstić information content (AvgIpc) is 3.76. The summed E-state index contributed by atoms with van der Waals surface area (Å²) in [5, 5.41) is 2.04. The molecule has 0 aromatic carbocycles. The Kier molecular flexibility index (Phi) is 7.83. The molecule has 1 saturated carbocycles. The number of aliphatic imine (C=N–C) groups is 1. The van der Waals surface area contributed by atoms with Crippen LogP contribution in [0.4, 0.5) is 0 Å². The summed E-state index contributed by atoms with van der Waals surface area (Å²) in [5.41, 5.74) is 12.6. The summed E-state index contributed by atoms with van der Waals surface area (Å²) in [4.78, 5) is 55.9. The molecule has 3 aliphatic rings. The number of hydrogen-bond donors (Lipinski definition) is 3. The van der Waals surface area contributed by atoms with Crippen molar-refractivity contribution in [3.05, 3.63) is 78.0 Å². The highest BCUT2D eigenvalue weighted by molar-refractivity contribution is 6.36. The van der Waals surface area contributed by atoms with Gasteiger partial charge in [0.15, 0.2) is 5.78 Å². The van der Waals surface area contributed by atoms with E-state index in [1.807, 2.05) is 13.8 Å². The van der Waals surface area contributed by atoms with Gasteiger partial charge in [-0.25, -0.2) is 0 Å². The van der Waals surface area contributed by atoms with Gasteiger partial charge in [-0.15, -0.1) is 0 Å². The third-order valence-corrected chi connectivity index (χ3v) is 10.3. The van der Waals surface area contributed by atoms with Crippen LogP contribution in [0.3, 0.4) is 0 Å². The molecular weight excluding hydrogens is 568 g/mol. The summed E-state index contributed by atoms with van der Waals surface area (Å²) in [6, 6.07) is -0.358. The fourth-order valence-corrected chi connectivity index (χ4v) is 7.70. The van der Waals surface area contributed by atoms with Crippen molar-refractivity contribution in [2.75, 3.05) is 14.2 Å². The molecule has 0 saturated heterocycles. The third kappa shape index (κ3) is 4.75. The molecular formula is C36H42N4O5. The third-order valence-electron chi connectivity index (χ3n) is 10.3. The highest BCUT2D eigenvalue weighted by Gasteiger charge is 2.53. The summed E-state index contributed by atoms with van der Waals surface area (Å²) < 4.78 is 10.2. The number of carbonyl (C=O) groups excluding carboxylic acids is 3. The number of ether oxygens (including phenoxy) is 2. The molecule has 236 valence electrons.